The smallest absolute Gasteiger partial charge is 0.0254 e. The molecule has 0 bridgehead atoms. The van der Waals surface area contributed by atoms with Crippen LogP contribution >= 0.6 is 0 Å². The van der Waals surface area contributed by atoms with Crippen molar-refractivity contribution in [3.63, 3.8) is 0 Å². The van der Waals surface area contributed by atoms with Gasteiger partial charge < -0.3 is 5.32 Å². The average Bonchev–Trinajstić information content (AvgIpc) is 2.47. The predicted octanol–water partition coefficient (Wildman–Crippen LogP) is 4.05. The minimum absolute atomic E-state index is 0.741. The number of piperidine rings is 1. The monoisotopic (exact) mass is 280 g/mol. The molecule has 1 heterocycles. The van der Waals surface area contributed by atoms with E-state index in [9.17, 15) is 0 Å². The van der Waals surface area contributed by atoms with Crippen LogP contribution in [0.3, 0.4) is 0 Å². The van der Waals surface area contributed by atoms with Gasteiger partial charge in [0.15, 0.2) is 0 Å². The molecule has 118 valence electrons. The molecule has 0 aromatic heterocycles. The maximum absolute atomic E-state index is 3.86. The number of likely N-dealkylation sites (tertiary alicyclic amines) is 1. The number of nitrogens with zero attached hydrogens (tertiary/aromatic N) is 1. The molecule has 2 nitrogen and oxygen atoms in total. The van der Waals surface area contributed by atoms with Gasteiger partial charge in [-0.05, 0) is 63.8 Å². The topological polar surface area (TPSA) is 15.3 Å². The largest absolute Gasteiger partial charge is 0.312 e. The van der Waals surface area contributed by atoms with E-state index >= 15 is 0 Å². The SMILES string of the molecule is CCCNC1CCC(CC)CC1N1CC(C)CCC1C. The van der Waals surface area contributed by atoms with Crippen molar-refractivity contribution in [3.05, 3.63) is 0 Å². The number of hydrogen-bond donors (Lipinski definition) is 1. The van der Waals surface area contributed by atoms with Crippen molar-refractivity contribution in [1.82, 2.24) is 10.2 Å². The summed E-state index contributed by atoms with van der Waals surface area (Å²) in [5, 5.41) is 3.86. The van der Waals surface area contributed by atoms with Crippen LogP contribution < -0.4 is 5.32 Å². The first-order valence-electron chi connectivity index (χ1n) is 9.14. The Balaban J connectivity index is 2.04. The molecule has 2 heteroatoms. The van der Waals surface area contributed by atoms with Crippen LogP contribution in [-0.4, -0.2) is 36.1 Å². The summed E-state index contributed by atoms with van der Waals surface area (Å²) in [5.74, 6) is 1.85. The summed E-state index contributed by atoms with van der Waals surface area (Å²) in [6.07, 6.45) is 9.70. The summed E-state index contributed by atoms with van der Waals surface area (Å²) in [7, 11) is 0. The number of rotatable bonds is 5. The van der Waals surface area contributed by atoms with Gasteiger partial charge in [-0.1, -0.05) is 27.2 Å². The molecule has 5 atom stereocenters. The first kappa shape index (κ1) is 16.3. The summed E-state index contributed by atoms with van der Waals surface area (Å²) in [6.45, 7) is 12.1. The van der Waals surface area contributed by atoms with Crippen molar-refractivity contribution in [2.24, 2.45) is 11.8 Å². The zero-order chi connectivity index (χ0) is 14.5. The molecule has 1 saturated heterocycles. The molecule has 2 fully saturated rings. The van der Waals surface area contributed by atoms with E-state index in [4.69, 9.17) is 0 Å². The summed E-state index contributed by atoms with van der Waals surface area (Å²) >= 11 is 0. The summed E-state index contributed by atoms with van der Waals surface area (Å²) in [4.78, 5) is 2.86. The van der Waals surface area contributed by atoms with E-state index < -0.39 is 0 Å². The van der Waals surface area contributed by atoms with Crippen LogP contribution in [0, 0.1) is 11.8 Å². The molecule has 0 radical (unpaired) electrons. The Kier molecular flexibility index (Phi) is 6.35. The van der Waals surface area contributed by atoms with Crippen LogP contribution in [0.5, 0.6) is 0 Å². The first-order chi connectivity index (χ1) is 9.65. The lowest BCUT2D eigenvalue weighted by Gasteiger charge is -2.48. The van der Waals surface area contributed by atoms with Crippen LogP contribution in [-0.2, 0) is 0 Å². The zero-order valence-corrected chi connectivity index (χ0v) is 14.2. The summed E-state index contributed by atoms with van der Waals surface area (Å²) in [6, 6.07) is 2.32. The summed E-state index contributed by atoms with van der Waals surface area (Å²) < 4.78 is 0. The lowest BCUT2D eigenvalue weighted by atomic mass is 9.78. The van der Waals surface area contributed by atoms with Crippen LogP contribution in [0.15, 0.2) is 0 Å². The molecule has 5 unspecified atom stereocenters. The molecule has 2 aliphatic rings. The van der Waals surface area contributed by atoms with Gasteiger partial charge in [-0.3, -0.25) is 4.90 Å². The molecule has 2 rings (SSSR count). The fraction of sp³-hybridized carbons (Fsp3) is 1.00. The van der Waals surface area contributed by atoms with Gasteiger partial charge in [-0.2, -0.15) is 0 Å². The van der Waals surface area contributed by atoms with E-state index in [1.165, 1.54) is 58.0 Å². The van der Waals surface area contributed by atoms with E-state index in [0.29, 0.717) is 0 Å². The minimum atomic E-state index is 0.741. The van der Waals surface area contributed by atoms with E-state index in [2.05, 4.69) is 37.9 Å². The predicted molar refractivity (Wildman–Crippen MR) is 88.1 cm³/mol. The lowest BCUT2D eigenvalue weighted by molar-refractivity contribution is 0.0258. The standard InChI is InChI=1S/C18H36N2/c1-5-11-19-17-10-9-16(6-2)12-18(17)20-13-14(3)7-8-15(20)4/h14-19H,5-13H2,1-4H3. The molecule has 0 amide bonds. The minimum Gasteiger partial charge on any atom is -0.312 e. The zero-order valence-electron chi connectivity index (χ0n) is 14.2. The highest BCUT2D eigenvalue weighted by Crippen LogP contribution is 2.34. The Labute approximate surface area is 126 Å². The molecule has 1 saturated carbocycles. The maximum Gasteiger partial charge on any atom is 0.0254 e. The van der Waals surface area contributed by atoms with Crippen LogP contribution in [0.25, 0.3) is 0 Å². The van der Waals surface area contributed by atoms with E-state index in [1.807, 2.05) is 0 Å². The molecular formula is C18H36N2. The third-order valence-corrected chi connectivity index (χ3v) is 5.75. The third-order valence-electron chi connectivity index (χ3n) is 5.75. The molecule has 1 N–H and O–H groups in total. The van der Waals surface area contributed by atoms with Crippen molar-refractivity contribution in [3.8, 4) is 0 Å². The number of hydrogen-bond acceptors (Lipinski definition) is 2. The van der Waals surface area contributed by atoms with Gasteiger partial charge in [-0.25, -0.2) is 0 Å². The fourth-order valence-corrected chi connectivity index (χ4v) is 4.32. The molecule has 0 aromatic rings. The van der Waals surface area contributed by atoms with Crippen LogP contribution in [0.1, 0.15) is 72.6 Å². The second-order valence-electron chi connectivity index (χ2n) is 7.44. The van der Waals surface area contributed by atoms with Crippen molar-refractivity contribution < 1.29 is 0 Å². The van der Waals surface area contributed by atoms with Gasteiger partial charge >= 0.3 is 0 Å². The van der Waals surface area contributed by atoms with Crippen molar-refractivity contribution in [2.45, 2.75) is 90.8 Å². The number of nitrogens with one attached hydrogen (secondary N) is 1. The van der Waals surface area contributed by atoms with Crippen LogP contribution in [0.4, 0.5) is 0 Å². The highest BCUT2D eigenvalue weighted by molar-refractivity contribution is 4.94. The maximum atomic E-state index is 3.86. The normalized spacial score (nSPS) is 39.9. The highest BCUT2D eigenvalue weighted by Gasteiger charge is 2.37. The average molecular weight is 280 g/mol. The van der Waals surface area contributed by atoms with Gasteiger partial charge in [0.1, 0.15) is 0 Å². The molecule has 1 aliphatic carbocycles. The molecule has 0 aromatic carbocycles. The van der Waals surface area contributed by atoms with Crippen LogP contribution in [0.2, 0.25) is 0 Å². The van der Waals surface area contributed by atoms with E-state index in [1.54, 1.807) is 0 Å². The Morgan fingerprint density at radius 1 is 1.05 bits per heavy atom. The van der Waals surface area contributed by atoms with Gasteiger partial charge in [-0.15, -0.1) is 0 Å². The Morgan fingerprint density at radius 2 is 1.85 bits per heavy atom. The van der Waals surface area contributed by atoms with E-state index in [-0.39, 0.29) is 0 Å². The Hall–Kier alpha value is -0.0800. The highest BCUT2D eigenvalue weighted by atomic mass is 15.2. The summed E-state index contributed by atoms with van der Waals surface area (Å²) in [5.41, 5.74) is 0. The third kappa shape index (κ3) is 3.98. The van der Waals surface area contributed by atoms with Gasteiger partial charge in [0.2, 0.25) is 0 Å². The second kappa shape index (κ2) is 7.79. The Bertz CT molecular complexity index is 279. The van der Waals surface area contributed by atoms with Gasteiger partial charge in [0.05, 0.1) is 0 Å². The Morgan fingerprint density at radius 3 is 2.55 bits per heavy atom. The molecular weight excluding hydrogens is 244 g/mol. The van der Waals surface area contributed by atoms with Crippen molar-refractivity contribution >= 4 is 0 Å². The molecule has 0 spiro atoms. The fourth-order valence-electron chi connectivity index (χ4n) is 4.32. The van der Waals surface area contributed by atoms with Crippen molar-refractivity contribution in [2.75, 3.05) is 13.1 Å². The lowest BCUT2D eigenvalue weighted by Crippen LogP contribution is -2.58. The van der Waals surface area contributed by atoms with Gasteiger partial charge in [0, 0.05) is 24.7 Å². The first-order valence-corrected chi connectivity index (χ1v) is 9.14. The van der Waals surface area contributed by atoms with Gasteiger partial charge in [0.25, 0.3) is 0 Å². The molecule has 1 aliphatic heterocycles. The quantitative estimate of drug-likeness (QED) is 0.817. The molecule has 20 heavy (non-hydrogen) atoms. The second-order valence-corrected chi connectivity index (χ2v) is 7.44. The van der Waals surface area contributed by atoms with E-state index in [0.717, 1.165) is 30.0 Å². The van der Waals surface area contributed by atoms with Crippen molar-refractivity contribution in [1.29, 1.82) is 0 Å².